The minimum atomic E-state index is -0.742. The lowest BCUT2D eigenvalue weighted by Gasteiger charge is -2.58. The van der Waals surface area contributed by atoms with Crippen molar-refractivity contribution in [1.29, 1.82) is 0 Å². The number of carbonyl (C=O) groups excluding carboxylic acids is 2. The van der Waals surface area contributed by atoms with Crippen molar-refractivity contribution in [3.8, 4) is 0 Å². The van der Waals surface area contributed by atoms with Crippen molar-refractivity contribution >= 4 is 40.8 Å². The van der Waals surface area contributed by atoms with Crippen molar-refractivity contribution in [2.45, 2.75) is 51.0 Å². The number of hydrogen-bond donors (Lipinski definition) is 2. The summed E-state index contributed by atoms with van der Waals surface area (Å²) in [6.07, 6.45) is 4.60. The number of rotatable bonds is 4. The van der Waals surface area contributed by atoms with Gasteiger partial charge < -0.3 is 15.2 Å². The average Bonchev–Trinajstić information content (AvgIpc) is 2.58. The van der Waals surface area contributed by atoms with Crippen molar-refractivity contribution in [3.63, 3.8) is 0 Å². The first-order valence-corrected chi connectivity index (χ1v) is 10.1. The van der Waals surface area contributed by atoms with Crippen LogP contribution in [0.4, 0.5) is 5.69 Å². The molecule has 0 saturated heterocycles. The molecule has 4 fully saturated rings. The molecule has 4 aliphatic rings. The van der Waals surface area contributed by atoms with Gasteiger partial charge in [-0.15, -0.1) is 0 Å². The Bertz CT molecular complexity index is 795. The Morgan fingerprint density at radius 3 is 2.52 bits per heavy atom. The Hall–Kier alpha value is -1.30. The molecule has 2 N–H and O–H groups in total. The minimum absolute atomic E-state index is 0.323. The van der Waals surface area contributed by atoms with Gasteiger partial charge in [0, 0.05) is 0 Å². The van der Waals surface area contributed by atoms with E-state index in [9.17, 15) is 14.7 Å². The normalized spacial score (nSPS) is 33.8. The molecule has 4 aliphatic carbocycles. The van der Waals surface area contributed by atoms with Gasteiger partial charge in [0.05, 0.1) is 26.7 Å². The second-order valence-corrected chi connectivity index (χ2v) is 9.43. The molecule has 5 rings (SSSR count). The molecule has 2 unspecified atom stereocenters. The summed E-state index contributed by atoms with van der Waals surface area (Å²) in [6, 6.07) is 3.42. The molecule has 4 saturated carbocycles. The number of aryl methyl sites for hydroxylation is 1. The highest BCUT2D eigenvalue weighted by Gasteiger charge is 2.60. The van der Waals surface area contributed by atoms with Gasteiger partial charge in [-0.25, -0.2) is 0 Å². The number of benzene rings is 1. The molecule has 146 valence electrons. The summed E-state index contributed by atoms with van der Waals surface area (Å²) in [7, 11) is 0. The molecule has 4 atom stereocenters. The monoisotopic (exact) mass is 411 g/mol. The largest absolute Gasteiger partial charge is 0.455 e. The lowest BCUT2D eigenvalue weighted by molar-refractivity contribution is -0.196. The van der Waals surface area contributed by atoms with Crippen LogP contribution in [0.2, 0.25) is 10.0 Å². The zero-order valence-corrected chi connectivity index (χ0v) is 16.7. The highest BCUT2D eigenvalue weighted by Crippen LogP contribution is 2.61. The smallest absolute Gasteiger partial charge is 0.312 e. The van der Waals surface area contributed by atoms with Crippen LogP contribution < -0.4 is 5.32 Å². The standard InChI is InChI=1S/C20H23Cl2NO4/c1-11-2-3-14(21)17(16(11)22)23-15(24)9-27-18(25)19-5-12-4-13(6-19)8-20(26,7-12)10-19/h2-3,12-13,26H,4-10H2,1H3,(H,23,24)/t12-,13+,19?,20?. The zero-order valence-electron chi connectivity index (χ0n) is 15.2. The maximum atomic E-state index is 12.8. The fourth-order valence-corrected chi connectivity index (χ4v) is 6.15. The quantitative estimate of drug-likeness (QED) is 0.730. The summed E-state index contributed by atoms with van der Waals surface area (Å²) in [5, 5.41) is 14.1. The van der Waals surface area contributed by atoms with E-state index in [0.717, 1.165) is 37.7 Å². The fourth-order valence-electron chi connectivity index (χ4n) is 5.68. The van der Waals surface area contributed by atoms with Gasteiger partial charge in [0.1, 0.15) is 0 Å². The van der Waals surface area contributed by atoms with Crippen molar-refractivity contribution in [3.05, 3.63) is 27.7 Å². The SMILES string of the molecule is Cc1ccc(Cl)c(NC(=O)COC(=O)C23C[C@@H]4C[C@@H](CC(O)(C4)C2)C3)c1Cl. The molecular formula is C20H23Cl2NO4. The van der Waals surface area contributed by atoms with E-state index in [1.807, 2.05) is 6.92 Å². The van der Waals surface area contributed by atoms with Gasteiger partial charge in [-0.1, -0.05) is 29.3 Å². The van der Waals surface area contributed by atoms with Gasteiger partial charge in [0.2, 0.25) is 0 Å². The summed E-state index contributed by atoms with van der Waals surface area (Å²) in [5.74, 6) is -0.0992. The molecule has 1 amide bonds. The number of carbonyl (C=O) groups is 2. The number of nitrogens with one attached hydrogen (secondary N) is 1. The van der Waals surface area contributed by atoms with Crippen molar-refractivity contribution in [2.24, 2.45) is 17.3 Å². The maximum absolute atomic E-state index is 12.8. The molecule has 1 aromatic rings. The summed E-state index contributed by atoms with van der Waals surface area (Å²) in [4.78, 5) is 25.1. The van der Waals surface area contributed by atoms with Crippen LogP contribution in [0.1, 0.15) is 44.1 Å². The van der Waals surface area contributed by atoms with Crippen molar-refractivity contribution < 1.29 is 19.4 Å². The van der Waals surface area contributed by atoms with Crippen LogP contribution in [-0.2, 0) is 14.3 Å². The van der Waals surface area contributed by atoms with Gasteiger partial charge in [-0.2, -0.15) is 0 Å². The Labute approximate surface area is 168 Å². The average molecular weight is 412 g/mol. The first-order valence-electron chi connectivity index (χ1n) is 9.34. The Morgan fingerprint density at radius 2 is 1.89 bits per heavy atom. The minimum Gasteiger partial charge on any atom is -0.455 e. The molecule has 0 spiro atoms. The zero-order chi connectivity index (χ0) is 19.4. The molecule has 5 nitrogen and oxygen atoms in total. The van der Waals surface area contributed by atoms with E-state index in [4.69, 9.17) is 27.9 Å². The number of esters is 1. The van der Waals surface area contributed by atoms with E-state index in [1.165, 1.54) is 0 Å². The fraction of sp³-hybridized carbons (Fsp3) is 0.600. The van der Waals surface area contributed by atoms with Gasteiger partial charge in [-0.05, 0) is 68.9 Å². The van der Waals surface area contributed by atoms with Crippen LogP contribution >= 0.6 is 23.2 Å². The predicted molar refractivity (Wildman–Crippen MR) is 103 cm³/mol. The van der Waals surface area contributed by atoms with Gasteiger partial charge in [0.25, 0.3) is 5.91 Å². The Kier molecular flexibility index (Phi) is 4.68. The Balaban J connectivity index is 1.40. The van der Waals surface area contributed by atoms with Crippen LogP contribution in [-0.4, -0.2) is 29.2 Å². The molecule has 4 bridgehead atoms. The van der Waals surface area contributed by atoms with Gasteiger partial charge >= 0.3 is 5.97 Å². The Morgan fingerprint density at radius 1 is 1.22 bits per heavy atom. The third-order valence-electron chi connectivity index (χ3n) is 6.35. The predicted octanol–water partition coefficient (Wildman–Crippen LogP) is 4.11. The van der Waals surface area contributed by atoms with Crippen molar-refractivity contribution in [1.82, 2.24) is 0 Å². The second kappa shape index (κ2) is 6.64. The first kappa shape index (κ1) is 19.0. The number of halogens is 2. The number of anilines is 1. The molecule has 7 heteroatoms. The third kappa shape index (κ3) is 3.45. The van der Waals surface area contributed by atoms with E-state index in [-0.39, 0.29) is 5.97 Å². The van der Waals surface area contributed by atoms with Crippen LogP contribution in [0.15, 0.2) is 12.1 Å². The van der Waals surface area contributed by atoms with Crippen LogP contribution in [0.5, 0.6) is 0 Å². The molecular weight excluding hydrogens is 389 g/mol. The maximum Gasteiger partial charge on any atom is 0.312 e. The van der Waals surface area contributed by atoms with E-state index < -0.39 is 23.5 Å². The van der Waals surface area contributed by atoms with E-state index in [2.05, 4.69) is 5.32 Å². The summed E-state index contributed by atoms with van der Waals surface area (Å²) < 4.78 is 5.37. The lowest BCUT2D eigenvalue weighted by atomic mass is 9.48. The topological polar surface area (TPSA) is 75.6 Å². The van der Waals surface area contributed by atoms with Crippen LogP contribution in [0, 0.1) is 24.2 Å². The summed E-state index contributed by atoms with van der Waals surface area (Å²) >= 11 is 12.3. The molecule has 0 aromatic heterocycles. The second-order valence-electron chi connectivity index (χ2n) is 8.64. The molecule has 27 heavy (non-hydrogen) atoms. The summed E-state index contributed by atoms with van der Waals surface area (Å²) in [5.41, 5.74) is -0.273. The summed E-state index contributed by atoms with van der Waals surface area (Å²) in [6.45, 7) is 1.42. The molecule has 1 aromatic carbocycles. The lowest BCUT2D eigenvalue weighted by Crippen LogP contribution is -2.58. The van der Waals surface area contributed by atoms with E-state index >= 15 is 0 Å². The highest BCUT2D eigenvalue weighted by atomic mass is 35.5. The number of hydrogen-bond acceptors (Lipinski definition) is 4. The van der Waals surface area contributed by atoms with Crippen molar-refractivity contribution in [2.75, 3.05) is 11.9 Å². The third-order valence-corrected chi connectivity index (χ3v) is 7.15. The van der Waals surface area contributed by atoms with Crippen LogP contribution in [0.3, 0.4) is 0 Å². The van der Waals surface area contributed by atoms with Crippen LogP contribution in [0.25, 0.3) is 0 Å². The first-order chi connectivity index (χ1) is 12.7. The van der Waals surface area contributed by atoms with E-state index in [0.29, 0.717) is 34.0 Å². The molecule has 0 heterocycles. The van der Waals surface area contributed by atoms with E-state index in [1.54, 1.807) is 12.1 Å². The number of aliphatic hydroxyl groups is 1. The highest BCUT2D eigenvalue weighted by molar-refractivity contribution is 6.40. The van der Waals surface area contributed by atoms with Gasteiger partial charge in [-0.3, -0.25) is 9.59 Å². The number of amides is 1. The molecule has 0 radical (unpaired) electrons. The van der Waals surface area contributed by atoms with Gasteiger partial charge in [0.15, 0.2) is 6.61 Å². The number of ether oxygens (including phenoxy) is 1. The molecule has 0 aliphatic heterocycles.